The van der Waals surface area contributed by atoms with Crippen LogP contribution in [0.3, 0.4) is 0 Å². The number of aromatic nitrogens is 6. The fraction of sp³-hybridized carbons (Fsp3) is 0.575. The van der Waals surface area contributed by atoms with E-state index in [-0.39, 0.29) is 42.0 Å². The summed E-state index contributed by atoms with van der Waals surface area (Å²) >= 11 is 0. The number of hydrogen-bond acceptors (Lipinski definition) is 11. The lowest BCUT2D eigenvalue weighted by molar-refractivity contribution is -0.135. The molecule has 1 aromatic carbocycles. The molecule has 4 aromatic rings. The number of aryl methyl sites for hydroxylation is 3. The summed E-state index contributed by atoms with van der Waals surface area (Å²) in [6.07, 6.45) is 6.06. The number of benzene rings is 1. The smallest absolute Gasteiger partial charge is 0.410 e. The Labute approximate surface area is 336 Å². The van der Waals surface area contributed by atoms with Crippen LogP contribution in [0.1, 0.15) is 90.8 Å². The summed E-state index contributed by atoms with van der Waals surface area (Å²) < 4.78 is 21.5. The summed E-state index contributed by atoms with van der Waals surface area (Å²) in [5.41, 5.74) is 4.26. The Kier molecular flexibility index (Phi) is 13.0. The van der Waals surface area contributed by atoms with E-state index in [1.165, 1.54) is 9.25 Å². The molecule has 312 valence electrons. The second kappa shape index (κ2) is 18.5. The number of carbonyl (C=O) groups excluding carboxylic acids is 4. The van der Waals surface area contributed by atoms with Gasteiger partial charge in [0.1, 0.15) is 17.8 Å². The number of aromatic amines is 1. The third-order valence-corrected chi connectivity index (χ3v) is 11.5. The van der Waals surface area contributed by atoms with Crippen molar-refractivity contribution in [1.29, 1.82) is 0 Å². The molecule has 4 amide bonds. The molecular weight excluding hydrogens is 749 g/mol. The zero-order valence-corrected chi connectivity index (χ0v) is 33.5. The van der Waals surface area contributed by atoms with Crippen LogP contribution < -0.4 is 16.3 Å². The summed E-state index contributed by atoms with van der Waals surface area (Å²) in [7, 11) is 4.99. The van der Waals surface area contributed by atoms with Crippen molar-refractivity contribution >= 4 is 40.7 Å². The molecule has 18 nitrogen and oxygen atoms in total. The van der Waals surface area contributed by atoms with Crippen LogP contribution in [-0.2, 0) is 50.9 Å². The van der Waals surface area contributed by atoms with Gasteiger partial charge in [0.15, 0.2) is 5.82 Å². The number of piperazine rings is 1. The minimum Gasteiger partial charge on any atom is -0.446 e. The van der Waals surface area contributed by atoms with E-state index in [1.807, 2.05) is 24.3 Å². The molecule has 3 N–H and O–H groups in total. The molecule has 7 rings (SSSR count). The molecule has 58 heavy (non-hydrogen) atoms. The zero-order valence-electron chi connectivity index (χ0n) is 33.5. The Hall–Kier alpha value is -5.33. The molecular formula is C40H54N10O8. The maximum atomic E-state index is 13.0. The number of fused-ring (bicyclic) bond motifs is 1. The van der Waals surface area contributed by atoms with Crippen LogP contribution in [-0.4, -0.2) is 122 Å². The van der Waals surface area contributed by atoms with Gasteiger partial charge in [0.25, 0.3) is 5.91 Å². The number of nitrogens with one attached hydrogen (secondary N) is 3. The van der Waals surface area contributed by atoms with Crippen molar-refractivity contribution in [3.8, 4) is 0 Å². The van der Waals surface area contributed by atoms with Gasteiger partial charge in [-0.05, 0) is 81.7 Å². The highest BCUT2D eigenvalue weighted by atomic mass is 16.6. The van der Waals surface area contributed by atoms with Gasteiger partial charge >= 0.3 is 11.8 Å². The summed E-state index contributed by atoms with van der Waals surface area (Å²) in [5.74, 6) is -0.461. The second-order valence-electron chi connectivity index (χ2n) is 15.5. The molecule has 1 unspecified atom stereocenters. The number of H-pyrrole nitrogens is 1. The van der Waals surface area contributed by atoms with Gasteiger partial charge in [0.05, 0.1) is 23.3 Å². The lowest BCUT2D eigenvalue weighted by atomic mass is 10.0. The molecule has 1 aliphatic carbocycles. The number of imide groups is 1. The number of methoxy groups -OCH3 is 1. The molecule has 0 bridgehead atoms. The molecule has 0 spiro atoms. The molecule has 3 atom stereocenters. The molecule has 5 heterocycles. The number of rotatable bonds is 16. The summed E-state index contributed by atoms with van der Waals surface area (Å²) in [6.45, 7) is 5.50. The van der Waals surface area contributed by atoms with E-state index in [9.17, 15) is 24.0 Å². The van der Waals surface area contributed by atoms with Gasteiger partial charge in [0.2, 0.25) is 11.8 Å². The fourth-order valence-electron chi connectivity index (χ4n) is 8.26. The maximum Gasteiger partial charge on any atom is 0.410 e. The van der Waals surface area contributed by atoms with Crippen LogP contribution in [0.2, 0.25) is 0 Å². The van der Waals surface area contributed by atoms with E-state index >= 15 is 0 Å². The molecule has 2 saturated heterocycles. The van der Waals surface area contributed by atoms with Gasteiger partial charge in [-0.2, -0.15) is 10.2 Å². The number of unbranched alkanes of at least 4 members (excludes halogenated alkanes) is 1. The van der Waals surface area contributed by atoms with Crippen molar-refractivity contribution in [2.75, 3.05) is 58.4 Å². The minimum atomic E-state index is -0.691. The van der Waals surface area contributed by atoms with Crippen molar-refractivity contribution < 1.29 is 33.4 Å². The van der Waals surface area contributed by atoms with Crippen molar-refractivity contribution in [2.24, 2.45) is 14.1 Å². The topological polar surface area (TPSA) is 200 Å². The van der Waals surface area contributed by atoms with Gasteiger partial charge in [-0.3, -0.25) is 43.5 Å². The summed E-state index contributed by atoms with van der Waals surface area (Å²) in [4.78, 5) is 67.1. The highest BCUT2D eigenvalue weighted by Crippen LogP contribution is 2.36. The quantitative estimate of drug-likeness (QED) is 0.111. The van der Waals surface area contributed by atoms with E-state index in [2.05, 4.69) is 30.8 Å². The molecule has 0 radical (unpaired) electrons. The van der Waals surface area contributed by atoms with E-state index in [0.29, 0.717) is 68.5 Å². The molecule has 3 aromatic heterocycles. The van der Waals surface area contributed by atoms with Crippen molar-refractivity contribution in [2.45, 2.75) is 82.5 Å². The van der Waals surface area contributed by atoms with Crippen molar-refractivity contribution in [1.82, 2.24) is 44.2 Å². The lowest BCUT2D eigenvalue weighted by Crippen LogP contribution is -2.49. The average Bonchev–Trinajstić information content (AvgIpc) is 4.00. The van der Waals surface area contributed by atoms with Crippen LogP contribution in [0.5, 0.6) is 0 Å². The Balaban J connectivity index is 0.747. The first-order valence-electron chi connectivity index (χ1n) is 20.3. The SMILES string of the molecule is COCc1cc(C(=O)Nc2cc([C@H]3CC[C@@H](OC(=O)N4CCN(CCCCOCCCc5ccc6c(c5)n(C)c(=O)n6C5CCC(=O)NC5=O)CC4)C3)[nH]n2)n(C)n1. The standard InChI is InChI=1S/C40H54N10O8/c1-46-33-21-26(8-11-31(33)50(39(46)54)32-12-13-36(51)42-37(32)52)7-6-20-57-19-5-4-14-48-15-17-49(18-16-48)40(55)58-29-10-9-27(22-29)30-24-35(44-43-30)41-38(53)34-23-28(25-56-3)45-47(34)2/h8,11,21,23-24,27,29,32H,4-7,9-10,12-20,22,25H2,1-3H3,(H,42,51,52)(H2,41,43,44,53)/t27-,29+,32?/m0/s1. The number of nitrogens with zero attached hydrogens (tertiary/aromatic N) is 7. The molecule has 3 aliphatic rings. The van der Waals surface area contributed by atoms with E-state index in [4.69, 9.17) is 14.2 Å². The second-order valence-corrected chi connectivity index (χ2v) is 15.5. The Morgan fingerprint density at radius 2 is 1.76 bits per heavy atom. The highest BCUT2D eigenvalue weighted by molar-refractivity contribution is 6.02. The maximum absolute atomic E-state index is 13.0. The molecule has 18 heteroatoms. The number of carbonyl (C=O) groups is 4. The Bertz CT molecular complexity index is 2160. The van der Waals surface area contributed by atoms with Gasteiger partial charge in [0, 0.05) is 84.7 Å². The summed E-state index contributed by atoms with van der Waals surface area (Å²) in [6, 6.07) is 8.71. The minimum absolute atomic E-state index is 0.156. The third-order valence-electron chi connectivity index (χ3n) is 11.5. The first kappa shape index (κ1) is 40.9. The van der Waals surface area contributed by atoms with Crippen LogP contribution in [0, 0.1) is 0 Å². The number of piperidine rings is 1. The predicted molar refractivity (Wildman–Crippen MR) is 212 cm³/mol. The number of imidazole rings is 1. The number of anilines is 1. The van der Waals surface area contributed by atoms with Gasteiger partial charge in [-0.25, -0.2) is 9.59 Å². The molecule has 1 saturated carbocycles. The third kappa shape index (κ3) is 9.51. The average molecular weight is 803 g/mol. The summed E-state index contributed by atoms with van der Waals surface area (Å²) in [5, 5.41) is 16.8. The van der Waals surface area contributed by atoms with Crippen LogP contribution in [0.15, 0.2) is 35.1 Å². The number of amides is 4. The zero-order chi connectivity index (χ0) is 40.8. The molecule has 3 fully saturated rings. The lowest BCUT2D eigenvalue weighted by Gasteiger charge is -2.34. The first-order valence-corrected chi connectivity index (χ1v) is 20.3. The van der Waals surface area contributed by atoms with E-state index in [0.717, 1.165) is 74.9 Å². The normalized spacial score (nSPS) is 20.2. The largest absolute Gasteiger partial charge is 0.446 e. The Morgan fingerprint density at radius 1 is 0.948 bits per heavy atom. The Morgan fingerprint density at radius 3 is 2.55 bits per heavy atom. The van der Waals surface area contributed by atoms with E-state index < -0.39 is 11.9 Å². The van der Waals surface area contributed by atoms with Crippen molar-refractivity contribution in [3.05, 3.63) is 63.5 Å². The number of hydrogen-bond donors (Lipinski definition) is 3. The monoisotopic (exact) mass is 802 g/mol. The highest BCUT2D eigenvalue weighted by Gasteiger charge is 2.33. The predicted octanol–water partition coefficient (Wildman–Crippen LogP) is 2.99. The van der Waals surface area contributed by atoms with Crippen molar-refractivity contribution in [3.63, 3.8) is 0 Å². The van der Waals surface area contributed by atoms with Crippen LogP contribution in [0.25, 0.3) is 11.0 Å². The van der Waals surface area contributed by atoms with Gasteiger partial charge in [-0.1, -0.05) is 6.07 Å². The first-order chi connectivity index (χ1) is 28.1. The van der Waals surface area contributed by atoms with Crippen LogP contribution in [0.4, 0.5) is 10.6 Å². The molecule has 2 aliphatic heterocycles. The number of ether oxygens (including phenoxy) is 3. The van der Waals surface area contributed by atoms with Crippen LogP contribution >= 0.6 is 0 Å². The van der Waals surface area contributed by atoms with E-state index in [1.54, 1.807) is 36.7 Å². The van der Waals surface area contributed by atoms with Gasteiger partial charge < -0.3 is 24.4 Å². The van der Waals surface area contributed by atoms with Gasteiger partial charge in [-0.15, -0.1) is 0 Å². The fourth-order valence-corrected chi connectivity index (χ4v) is 8.26.